The van der Waals surface area contributed by atoms with Crippen molar-refractivity contribution in [2.45, 2.75) is 66.0 Å². The second-order valence-electron chi connectivity index (χ2n) is 4.82. The predicted molar refractivity (Wildman–Crippen MR) is 79.5 cm³/mol. The van der Waals surface area contributed by atoms with Crippen LogP contribution in [0, 0.1) is 0 Å². The third-order valence-electron chi connectivity index (χ3n) is 3.65. The lowest BCUT2D eigenvalue weighted by molar-refractivity contribution is 0.283. The SMILES string of the molecule is CCC(C)c1nc(N(CC)C(C)CC)sc1CO. The quantitative estimate of drug-likeness (QED) is 0.819. The minimum atomic E-state index is 0.107. The van der Waals surface area contributed by atoms with E-state index < -0.39 is 0 Å². The number of anilines is 1. The van der Waals surface area contributed by atoms with E-state index in [4.69, 9.17) is 4.98 Å². The number of hydrogen-bond acceptors (Lipinski definition) is 4. The molecule has 3 nitrogen and oxygen atoms in total. The van der Waals surface area contributed by atoms with Crippen LogP contribution in [0.25, 0.3) is 0 Å². The van der Waals surface area contributed by atoms with Crippen molar-refractivity contribution in [3.63, 3.8) is 0 Å². The Bertz CT molecular complexity index is 365. The summed E-state index contributed by atoms with van der Waals surface area (Å²) in [4.78, 5) is 8.13. The summed E-state index contributed by atoms with van der Waals surface area (Å²) in [5, 5.41) is 10.5. The first kappa shape index (κ1) is 15.4. The van der Waals surface area contributed by atoms with Gasteiger partial charge in [-0.3, -0.25) is 0 Å². The molecule has 0 amide bonds. The third-order valence-corrected chi connectivity index (χ3v) is 4.74. The molecule has 0 aliphatic rings. The average molecular weight is 270 g/mol. The molecule has 1 heterocycles. The Labute approximate surface area is 115 Å². The molecule has 0 saturated heterocycles. The van der Waals surface area contributed by atoms with Crippen LogP contribution < -0.4 is 4.90 Å². The molecule has 18 heavy (non-hydrogen) atoms. The van der Waals surface area contributed by atoms with Gasteiger partial charge in [-0.25, -0.2) is 4.98 Å². The fourth-order valence-electron chi connectivity index (χ4n) is 2.02. The summed E-state index contributed by atoms with van der Waals surface area (Å²) in [6.45, 7) is 12.0. The standard InChI is InChI=1S/C14H26N2OS/c1-6-10(4)13-12(9-17)18-14(15-13)16(8-3)11(5)7-2/h10-11,17H,6-9H2,1-5H3. The Morgan fingerprint density at radius 3 is 2.33 bits per heavy atom. The molecule has 1 N–H and O–H groups in total. The van der Waals surface area contributed by atoms with E-state index in [-0.39, 0.29) is 6.61 Å². The Morgan fingerprint density at radius 1 is 1.22 bits per heavy atom. The Hall–Kier alpha value is -0.610. The minimum Gasteiger partial charge on any atom is -0.391 e. The van der Waals surface area contributed by atoms with E-state index in [1.165, 1.54) is 0 Å². The van der Waals surface area contributed by atoms with Gasteiger partial charge in [0.2, 0.25) is 0 Å². The van der Waals surface area contributed by atoms with Crippen molar-refractivity contribution in [1.82, 2.24) is 4.98 Å². The van der Waals surface area contributed by atoms with E-state index >= 15 is 0 Å². The molecular weight excluding hydrogens is 244 g/mol. The maximum absolute atomic E-state index is 9.48. The van der Waals surface area contributed by atoms with Gasteiger partial charge < -0.3 is 10.0 Å². The van der Waals surface area contributed by atoms with Crippen LogP contribution >= 0.6 is 11.3 Å². The van der Waals surface area contributed by atoms with Gasteiger partial charge in [-0.1, -0.05) is 32.1 Å². The minimum absolute atomic E-state index is 0.107. The summed E-state index contributed by atoms with van der Waals surface area (Å²) in [5.74, 6) is 0.424. The van der Waals surface area contributed by atoms with Gasteiger partial charge >= 0.3 is 0 Å². The molecule has 0 aliphatic heterocycles. The lowest BCUT2D eigenvalue weighted by atomic mass is 10.0. The normalized spacial score (nSPS) is 14.6. The predicted octanol–water partition coefficient (Wildman–Crippen LogP) is 3.77. The smallest absolute Gasteiger partial charge is 0.186 e. The van der Waals surface area contributed by atoms with Crippen molar-refractivity contribution in [1.29, 1.82) is 0 Å². The molecule has 1 aromatic rings. The molecule has 0 fully saturated rings. The molecule has 1 aromatic heterocycles. The number of aliphatic hydroxyl groups is 1. The van der Waals surface area contributed by atoms with Crippen molar-refractivity contribution in [3.8, 4) is 0 Å². The summed E-state index contributed by atoms with van der Waals surface area (Å²) < 4.78 is 0. The van der Waals surface area contributed by atoms with Crippen LogP contribution in [0.5, 0.6) is 0 Å². The summed E-state index contributed by atoms with van der Waals surface area (Å²) in [6.07, 6.45) is 2.17. The highest BCUT2D eigenvalue weighted by Gasteiger charge is 2.20. The fraction of sp³-hybridized carbons (Fsp3) is 0.786. The Morgan fingerprint density at radius 2 is 1.89 bits per heavy atom. The first-order chi connectivity index (χ1) is 8.58. The fourth-order valence-corrected chi connectivity index (χ4v) is 3.23. The second kappa shape index (κ2) is 7.10. The number of aliphatic hydroxyl groups excluding tert-OH is 1. The van der Waals surface area contributed by atoms with Gasteiger partial charge in [0.25, 0.3) is 0 Å². The number of rotatable bonds is 7. The van der Waals surface area contributed by atoms with Crippen LogP contribution in [0.1, 0.15) is 63.9 Å². The monoisotopic (exact) mass is 270 g/mol. The first-order valence-electron chi connectivity index (χ1n) is 6.95. The first-order valence-corrected chi connectivity index (χ1v) is 7.77. The molecule has 0 saturated carbocycles. The zero-order valence-corrected chi connectivity index (χ0v) is 13.0. The van der Waals surface area contributed by atoms with Gasteiger partial charge in [-0.2, -0.15) is 0 Å². The van der Waals surface area contributed by atoms with Gasteiger partial charge in [0.15, 0.2) is 5.13 Å². The van der Waals surface area contributed by atoms with Gasteiger partial charge in [0, 0.05) is 12.6 Å². The Kier molecular flexibility index (Phi) is 6.09. The molecule has 0 bridgehead atoms. The van der Waals surface area contributed by atoms with E-state index in [0.717, 1.165) is 35.1 Å². The molecule has 1 rings (SSSR count). The van der Waals surface area contributed by atoms with Crippen molar-refractivity contribution in [2.75, 3.05) is 11.4 Å². The zero-order chi connectivity index (χ0) is 13.7. The third kappa shape index (κ3) is 3.23. The topological polar surface area (TPSA) is 36.4 Å². The molecule has 0 aliphatic carbocycles. The van der Waals surface area contributed by atoms with E-state index in [9.17, 15) is 5.11 Å². The van der Waals surface area contributed by atoms with Gasteiger partial charge in [0.1, 0.15) is 0 Å². The molecule has 4 heteroatoms. The highest BCUT2D eigenvalue weighted by molar-refractivity contribution is 7.15. The van der Waals surface area contributed by atoms with Crippen LogP contribution in [0.15, 0.2) is 0 Å². The second-order valence-corrected chi connectivity index (χ2v) is 5.88. The average Bonchev–Trinajstić information content (AvgIpc) is 2.82. The molecule has 0 radical (unpaired) electrons. The molecular formula is C14H26N2OS. The molecule has 0 spiro atoms. The van der Waals surface area contributed by atoms with Crippen LogP contribution in [-0.2, 0) is 6.61 Å². The van der Waals surface area contributed by atoms with Gasteiger partial charge in [0.05, 0.1) is 17.2 Å². The summed E-state index contributed by atoms with van der Waals surface area (Å²) in [7, 11) is 0. The highest BCUT2D eigenvalue weighted by Crippen LogP contribution is 2.33. The van der Waals surface area contributed by atoms with Crippen molar-refractivity contribution in [3.05, 3.63) is 10.6 Å². The Balaban J connectivity index is 3.06. The van der Waals surface area contributed by atoms with Gasteiger partial charge in [-0.05, 0) is 32.6 Å². The lowest BCUT2D eigenvalue weighted by Gasteiger charge is -2.26. The highest BCUT2D eigenvalue weighted by atomic mass is 32.1. The number of hydrogen-bond donors (Lipinski definition) is 1. The summed E-state index contributed by atoms with van der Waals surface area (Å²) >= 11 is 1.64. The maximum Gasteiger partial charge on any atom is 0.186 e. The maximum atomic E-state index is 9.48. The van der Waals surface area contributed by atoms with Crippen molar-refractivity contribution >= 4 is 16.5 Å². The van der Waals surface area contributed by atoms with Crippen molar-refractivity contribution in [2.24, 2.45) is 0 Å². The van der Waals surface area contributed by atoms with E-state index in [1.54, 1.807) is 11.3 Å². The van der Waals surface area contributed by atoms with Crippen molar-refractivity contribution < 1.29 is 5.11 Å². The van der Waals surface area contributed by atoms with E-state index in [2.05, 4.69) is 39.5 Å². The zero-order valence-electron chi connectivity index (χ0n) is 12.2. The summed E-state index contributed by atoms with van der Waals surface area (Å²) in [6, 6.07) is 0.498. The molecule has 0 aromatic carbocycles. The van der Waals surface area contributed by atoms with Crippen LogP contribution in [-0.4, -0.2) is 22.7 Å². The largest absolute Gasteiger partial charge is 0.391 e. The molecule has 104 valence electrons. The molecule has 2 atom stereocenters. The van der Waals surface area contributed by atoms with Gasteiger partial charge in [-0.15, -0.1) is 0 Å². The van der Waals surface area contributed by atoms with Crippen LogP contribution in [0.2, 0.25) is 0 Å². The lowest BCUT2D eigenvalue weighted by Crippen LogP contribution is -2.32. The summed E-state index contributed by atoms with van der Waals surface area (Å²) in [5.41, 5.74) is 1.08. The van der Waals surface area contributed by atoms with Crippen LogP contribution in [0.3, 0.4) is 0 Å². The molecule has 2 unspecified atom stereocenters. The van der Waals surface area contributed by atoms with E-state index in [1.807, 2.05) is 0 Å². The number of nitrogens with zero attached hydrogens (tertiary/aromatic N) is 2. The number of thiazole rings is 1. The van der Waals surface area contributed by atoms with Crippen LogP contribution in [0.4, 0.5) is 5.13 Å². The number of aromatic nitrogens is 1. The van der Waals surface area contributed by atoms with E-state index in [0.29, 0.717) is 12.0 Å².